The van der Waals surface area contributed by atoms with Gasteiger partial charge in [-0.1, -0.05) is 13.5 Å². The summed E-state index contributed by atoms with van der Waals surface area (Å²) < 4.78 is 5.40. The van der Waals surface area contributed by atoms with Crippen LogP contribution in [0.4, 0.5) is 0 Å². The minimum Gasteiger partial charge on any atom is -0.508 e. The van der Waals surface area contributed by atoms with E-state index in [1.807, 2.05) is 6.92 Å². The standard InChI is InChI=1S/C11H14O2/c1-3-9(2)8-13-11-6-4-10(12)5-7-11/h4-7,12H,2-3,8H2,1H3. The van der Waals surface area contributed by atoms with Gasteiger partial charge in [-0.25, -0.2) is 0 Å². The predicted octanol–water partition coefficient (Wildman–Crippen LogP) is 2.74. The Bertz CT molecular complexity index is 275. The Labute approximate surface area is 78.5 Å². The third-order valence-corrected chi connectivity index (χ3v) is 1.78. The van der Waals surface area contributed by atoms with E-state index in [1.165, 1.54) is 0 Å². The molecule has 0 unspecified atom stereocenters. The summed E-state index contributed by atoms with van der Waals surface area (Å²) in [6.07, 6.45) is 0.929. The van der Waals surface area contributed by atoms with Gasteiger partial charge >= 0.3 is 0 Å². The number of rotatable bonds is 4. The molecule has 1 aromatic carbocycles. The molecule has 0 fully saturated rings. The van der Waals surface area contributed by atoms with Crippen LogP contribution in [-0.2, 0) is 0 Å². The van der Waals surface area contributed by atoms with Crippen molar-refractivity contribution in [3.05, 3.63) is 36.4 Å². The predicted molar refractivity (Wildman–Crippen MR) is 53.0 cm³/mol. The number of phenols is 1. The van der Waals surface area contributed by atoms with Crippen LogP contribution in [0, 0.1) is 0 Å². The van der Waals surface area contributed by atoms with Gasteiger partial charge in [-0.2, -0.15) is 0 Å². The van der Waals surface area contributed by atoms with E-state index in [-0.39, 0.29) is 5.75 Å². The van der Waals surface area contributed by atoms with Gasteiger partial charge in [0.15, 0.2) is 0 Å². The second-order valence-corrected chi connectivity index (χ2v) is 2.89. The third-order valence-electron chi connectivity index (χ3n) is 1.78. The molecule has 0 saturated heterocycles. The lowest BCUT2D eigenvalue weighted by Gasteiger charge is -2.06. The fourth-order valence-corrected chi connectivity index (χ4v) is 0.830. The van der Waals surface area contributed by atoms with E-state index in [9.17, 15) is 0 Å². The molecule has 0 amide bonds. The number of hydrogen-bond acceptors (Lipinski definition) is 2. The Kier molecular flexibility index (Phi) is 3.38. The Morgan fingerprint density at radius 2 is 2.00 bits per heavy atom. The summed E-state index contributed by atoms with van der Waals surface area (Å²) in [6.45, 7) is 6.42. The van der Waals surface area contributed by atoms with E-state index in [2.05, 4.69) is 6.58 Å². The monoisotopic (exact) mass is 178 g/mol. The summed E-state index contributed by atoms with van der Waals surface area (Å²) >= 11 is 0. The van der Waals surface area contributed by atoms with Crippen LogP contribution in [0.5, 0.6) is 11.5 Å². The Hall–Kier alpha value is -1.44. The summed E-state index contributed by atoms with van der Waals surface area (Å²) in [7, 11) is 0. The fourth-order valence-electron chi connectivity index (χ4n) is 0.830. The molecule has 0 heterocycles. The number of hydrogen-bond donors (Lipinski definition) is 1. The lowest BCUT2D eigenvalue weighted by molar-refractivity contribution is 0.348. The second kappa shape index (κ2) is 4.55. The van der Waals surface area contributed by atoms with E-state index >= 15 is 0 Å². The summed E-state index contributed by atoms with van der Waals surface area (Å²) in [5.41, 5.74) is 1.06. The number of benzene rings is 1. The van der Waals surface area contributed by atoms with Crippen LogP contribution in [-0.4, -0.2) is 11.7 Å². The van der Waals surface area contributed by atoms with Crippen LogP contribution >= 0.6 is 0 Å². The molecule has 1 N–H and O–H groups in total. The molecular weight excluding hydrogens is 164 g/mol. The quantitative estimate of drug-likeness (QED) is 0.718. The zero-order valence-corrected chi connectivity index (χ0v) is 7.79. The molecule has 1 aromatic rings. The normalized spacial score (nSPS) is 9.62. The van der Waals surface area contributed by atoms with Gasteiger partial charge in [0.2, 0.25) is 0 Å². The highest BCUT2D eigenvalue weighted by molar-refractivity contribution is 5.30. The van der Waals surface area contributed by atoms with Crippen LogP contribution in [0.1, 0.15) is 13.3 Å². The largest absolute Gasteiger partial charge is 0.508 e. The first-order valence-corrected chi connectivity index (χ1v) is 4.31. The molecule has 0 aromatic heterocycles. The van der Waals surface area contributed by atoms with Crippen molar-refractivity contribution in [2.24, 2.45) is 0 Å². The Morgan fingerprint density at radius 3 is 2.54 bits per heavy atom. The van der Waals surface area contributed by atoms with Crippen LogP contribution in [0.2, 0.25) is 0 Å². The van der Waals surface area contributed by atoms with E-state index in [0.717, 1.165) is 17.7 Å². The van der Waals surface area contributed by atoms with Crippen molar-refractivity contribution >= 4 is 0 Å². The Morgan fingerprint density at radius 1 is 1.38 bits per heavy atom. The number of phenolic OH excluding ortho intramolecular Hbond substituents is 1. The SMILES string of the molecule is C=C(CC)COc1ccc(O)cc1. The maximum Gasteiger partial charge on any atom is 0.120 e. The first-order valence-electron chi connectivity index (χ1n) is 4.31. The smallest absolute Gasteiger partial charge is 0.120 e. The molecule has 0 bridgehead atoms. The van der Waals surface area contributed by atoms with Gasteiger partial charge in [-0.05, 0) is 36.3 Å². The van der Waals surface area contributed by atoms with Crippen molar-refractivity contribution in [3.8, 4) is 11.5 Å². The second-order valence-electron chi connectivity index (χ2n) is 2.89. The Balaban J connectivity index is 2.46. The maximum atomic E-state index is 9.01. The topological polar surface area (TPSA) is 29.5 Å². The summed E-state index contributed by atoms with van der Waals surface area (Å²) in [5.74, 6) is 1.01. The average Bonchev–Trinajstić information content (AvgIpc) is 2.16. The van der Waals surface area contributed by atoms with Gasteiger partial charge in [0.1, 0.15) is 18.1 Å². The van der Waals surface area contributed by atoms with Crippen LogP contribution < -0.4 is 4.74 Å². The molecule has 0 aliphatic heterocycles. The highest BCUT2D eigenvalue weighted by Gasteiger charge is 1.94. The summed E-state index contributed by atoms with van der Waals surface area (Å²) in [4.78, 5) is 0. The molecule has 0 saturated carbocycles. The maximum absolute atomic E-state index is 9.01. The van der Waals surface area contributed by atoms with E-state index in [0.29, 0.717) is 6.61 Å². The summed E-state index contributed by atoms with van der Waals surface area (Å²) in [6, 6.07) is 6.67. The number of ether oxygens (including phenoxy) is 1. The molecule has 70 valence electrons. The molecule has 2 nitrogen and oxygen atoms in total. The molecule has 0 atom stereocenters. The van der Waals surface area contributed by atoms with Crippen molar-refractivity contribution in [1.82, 2.24) is 0 Å². The first-order chi connectivity index (χ1) is 6.22. The molecule has 1 rings (SSSR count). The van der Waals surface area contributed by atoms with Gasteiger partial charge in [0, 0.05) is 0 Å². The van der Waals surface area contributed by atoms with Gasteiger partial charge in [-0.15, -0.1) is 0 Å². The van der Waals surface area contributed by atoms with E-state index in [4.69, 9.17) is 9.84 Å². The third kappa shape index (κ3) is 3.20. The van der Waals surface area contributed by atoms with Gasteiger partial charge in [0.25, 0.3) is 0 Å². The van der Waals surface area contributed by atoms with Crippen molar-refractivity contribution in [3.63, 3.8) is 0 Å². The van der Waals surface area contributed by atoms with Crippen molar-refractivity contribution in [2.45, 2.75) is 13.3 Å². The first kappa shape index (κ1) is 9.65. The molecule has 13 heavy (non-hydrogen) atoms. The van der Waals surface area contributed by atoms with E-state index in [1.54, 1.807) is 24.3 Å². The van der Waals surface area contributed by atoms with Crippen molar-refractivity contribution in [2.75, 3.05) is 6.61 Å². The zero-order chi connectivity index (χ0) is 9.68. The van der Waals surface area contributed by atoms with Gasteiger partial charge < -0.3 is 9.84 Å². The minimum atomic E-state index is 0.252. The molecule has 0 aliphatic rings. The molecule has 2 heteroatoms. The summed E-state index contributed by atoms with van der Waals surface area (Å²) in [5, 5.41) is 9.01. The highest BCUT2D eigenvalue weighted by atomic mass is 16.5. The molecule has 0 aliphatic carbocycles. The van der Waals surface area contributed by atoms with Crippen LogP contribution in [0.15, 0.2) is 36.4 Å². The molecule has 0 radical (unpaired) electrons. The molecular formula is C11H14O2. The highest BCUT2D eigenvalue weighted by Crippen LogP contribution is 2.16. The van der Waals surface area contributed by atoms with Gasteiger partial charge in [0.05, 0.1) is 0 Å². The number of aromatic hydroxyl groups is 1. The molecule has 0 spiro atoms. The average molecular weight is 178 g/mol. The van der Waals surface area contributed by atoms with Crippen molar-refractivity contribution in [1.29, 1.82) is 0 Å². The fraction of sp³-hybridized carbons (Fsp3) is 0.273. The lowest BCUT2D eigenvalue weighted by Crippen LogP contribution is -1.98. The van der Waals surface area contributed by atoms with Crippen molar-refractivity contribution < 1.29 is 9.84 Å². The zero-order valence-electron chi connectivity index (χ0n) is 7.79. The van der Waals surface area contributed by atoms with Gasteiger partial charge in [-0.3, -0.25) is 0 Å². The lowest BCUT2D eigenvalue weighted by atomic mass is 10.2. The minimum absolute atomic E-state index is 0.252. The van der Waals surface area contributed by atoms with Crippen LogP contribution in [0.25, 0.3) is 0 Å². The van der Waals surface area contributed by atoms with E-state index < -0.39 is 0 Å². The van der Waals surface area contributed by atoms with Crippen LogP contribution in [0.3, 0.4) is 0 Å².